The molecule has 0 aromatic rings. The summed E-state index contributed by atoms with van der Waals surface area (Å²) in [5.41, 5.74) is 6.84. The van der Waals surface area contributed by atoms with Gasteiger partial charge in [-0.15, -0.1) is 6.58 Å². The van der Waals surface area contributed by atoms with E-state index in [0.717, 1.165) is 24.8 Å². The average Bonchev–Trinajstić information content (AvgIpc) is 2.01. The minimum atomic E-state index is -2.93. The molecule has 1 fully saturated rings. The molecule has 0 aromatic carbocycles. The molecule has 14 heavy (non-hydrogen) atoms. The third kappa shape index (κ3) is 2.82. The van der Waals surface area contributed by atoms with Crippen LogP contribution in [0.5, 0.6) is 0 Å². The normalized spacial score (nSPS) is 28.3. The first kappa shape index (κ1) is 11.7. The first-order valence-electron chi connectivity index (χ1n) is 5.05. The Kier molecular flexibility index (Phi) is 3.72. The maximum Gasteiger partial charge on any atom is 0.154 e. The zero-order chi connectivity index (χ0) is 10.8. The van der Waals surface area contributed by atoms with E-state index in [1.54, 1.807) is 0 Å². The maximum absolute atomic E-state index is 11.7. The number of rotatable bonds is 3. The van der Waals surface area contributed by atoms with Crippen molar-refractivity contribution < 1.29 is 8.42 Å². The summed E-state index contributed by atoms with van der Waals surface area (Å²) in [6.07, 6.45) is 3.10. The molecule has 82 valence electrons. The van der Waals surface area contributed by atoms with Crippen LogP contribution >= 0.6 is 0 Å². The highest BCUT2D eigenvalue weighted by Crippen LogP contribution is 2.23. The Bertz CT molecular complexity index is 308. The standard InChI is InChI=1S/C10H19NO2S/c1-8(2)7-9(11)10-5-3-4-6-14(10,12)13/h9-10H,1,3-7,11H2,2H3. The molecule has 1 heterocycles. The molecular weight excluding hydrogens is 198 g/mol. The number of hydrogen-bond donors (Lipinski definition) is 1. The Balaban J connectivity index is 2.69. The van der Waals surface area contributed by atoms with Crippen LogP contribution in [0.15, 0.2) is 12.2 Å². The van der Waals surface area contributed by atoms with Gasteiger partial charge in [0.05, 0.1) is 11.0 Å². The largest absolute Gasteiger partial charge is 0.326 e. The first-order chi connectivity index (χ1) is 6.43. The van der Waals surface area contributed by atoms with Crippen molar-refractivity contribution in [1.29, 1.82) is 0 Å². The monoisotopic (exact) mass is 217 g/mol. The van der Waals surface area contributed by atoms with E-state index in [9.17, 15) is 8.42 Å². The van der Waals surface area contributed by atoms with Crippen molar-refractivity contribution >= 4 is 9.84 Å². The van der Waals surface area contributed by atoms with Gasteiger partial charge in [-0.25, -0.2) is 8.42 Å². The summed E-state index contributed by atoms with van der Waals surface area (Å²) in [7, 11) is -2.93. The molecule has 2 atom stereocenters. The molecule has 0 saturated carbocycles. The average molecular weight is 217 g/mol. The van der Waals surface area contributed by atoms with Crippen LogP contribution in [0, 0.1) is 0 Å². The van der Waals surface area contributed by atoms with Gasteiger partial charge in [-0.05, 0) is 26.2 Å². The zero-order valence-corrected chi connectivity index (χ0v) is 9.52. The molecule has 3 nitrogen and oxygen atoms in total. The predicted molar refractivity (Wildman–Crippen MR) is 58.8 cm³/mol. The lowest BCUT2D eigenvalue weighted by molar-refractivity contribution is 0.494. The topological polar surface area (TPSA) is 60.2 Å². The van der Waals surface area contributed by atoms with Gasteiger partial charge in [0.15, 0.2) is 9.84 Å². The Labute approximate surface area is 86.3 Å². The van der Waals surface area contributed by atoms with E-state index < -0.39 is 9.84 Å². The molecular formula is C10H19NO2S. The van der Waals surface area contributed by atoms with E-state index in [4.69, 9.17) is 5.73 Å². The van der Waals surface area contributed by atoms with Gasteiger partial charge in [-0.2, -0.15) is 0 Å². The summed E-state index contributed by atoms with van der Waals surface area (Å²) in [6, 6.07) is -0.266. The van der Waals surface area contributed by atoms with Crippen LogP contribution in [0.25, 0.3) is 0 Å². The van der Waals surface area contributed by atoms with Crippen molar-refractivity contribution in [3.8, 4) is 0 Å². The molecule has 1 aliphatic heterocycles. The fraction of sp³-hybridized carbons (Fsp3) is 0.800. The van der Waals surface area contributed by atoms with Crippen LogP contribution in [0.3, 0.4) is 0 Å². The van der Waals surface area contributed by atoms with Gasteiger partial charge in [-0.1, -0.05) is 12.0 Å². The summed E-state index contributed by atoms with van der Waals surface area (Å²) < 4.78 is 23.4. The van der Waals surface area contributed by atoms with Gasteiger partial charge in [-0.3, -0.25) is 0 Å². The van der Waals surface area contributed by atoms with Crippen molar-refractivity contribution in [1.82, 2.24) is 0 Å². The lowest BCUT2D eigenvalue weighted by Gasteiger charge is -2.27. The highest BCUT2D eigenvalue weighted by molar-refractivity contribution is 7.92. The fourth-order valence-corrected chi connectivity index (χ4v) is 4.06. The Morgan fingerprint density at radius 2 is 2.21 bits per heavy atom. The van der Waals surface area contributed by atoms with Crippen LogP contribution in [-0.4, -0.2) is 25.5 Å². The van der Waals surface area contributed by atoms with E-state index >= 15 is 0 Å². The fourth-order valence-electron chi connectivity index (χ4n) is 1.99. The molecule has 2 N–H and O–H groups in total. The minimum absolute atomic E-state index is 0.266. The van der Waals surface area contributed by atoms with Gasteiger partial charge in [0.25, 0.3) is 0 Å². The van der Waals surface area contributed by atoms with E-state index in [0.29, 0.717) is 12.2 Å². The van der Waals surface area contributed by atoms with Gasteiger partial charge in [0, 0.05) is 6.04 Å². The van der Waals surface area contributed by atoms with E-state index in [2.05, 4.69) is 6.58 Å². The van der Waals surface area contributed by atoms with Gasteiger partial charge in [0.1, 0.15) is 0 Å². The number of nitrogens with two attached hydrogens (primary N) is 1. The molecule has 1 saturated heterocycles. The summed E-state index contributed by atoms with van der Waals surface area (Å²) in [4.78, 5) is 0. The first-order valence-corrected chi connectivity index (χ1v) is 6.76. The van der Waals surface area contributed by atoms with Crippen LogP contribution in [0.1, 0.15) is 32.6 Å². The molecule has 0 spiro atoms. The zero-order valence-electron chi connectivity index (χ0n) is 8.70. The van der Waals surface area contributed by atoms with E-state index in [1.807, 2.05) is 6.92 Å². The van der Waals surface area contributed by atoms with Crippen LogP contribution in [0.4, 0.5) is 0 Å². The highest BCUT2D eigenvalue weighted by atomic mass is 32.2. The summed E-state index contributed by atoms with van der Waals surface area (Å²) in [6.45, 7) is 5.65. The second-order valence-corrected chi connectivity index (χ2v) is 6.57. The Morgan fingerprint density at radius 3 is 2.71 bits per heavy atom. The third-order valence-corrected chi connectivity index (χ3v) is 5.06. The van der Waals surface area contributed by atoms with Gasteiger partial charge in [0.2, 0.25) is 0 Å². The molecule has 0 aliphatic carbocycles. The molecule has 0 amide bonds. The Hall–Kier alpha value is -0.350. The van der Waals surface area contributed by atoms with Crippen molar-refractivity contribution in [3.63, 3.8) is 0 Å². The molecule has 4 heteroatoms. The summed E-state index contributed by atoms with van der Waals surface area (Å²) >= 11 is 0. The second-order valence-electron chi connectivity index (χ2n) is 4.23. The van der Waals surface area contributed by atoms with Crippen LogP contribution in [-0.2, 0) is 9.84 Å². The highest BCUT2D eigenvalue weighted by Gasteiger charge is 2.33. The third-order valence-electron chi connectivity index (χ3n) is 2.69. The maximum atomic E-state index is 11.7. The minimum Gasteiger partial charge on any atom is -0.326 e. The van der Waals surface area contributed by atoms with Crippen molar-refractivity contribution in [3.05, 3.63) is 12.2 Å². The molecule has 0 aromatic heterocycles. The Morgan fingerprint density at radius 1 is 1.57 bits per heavy atom. The number of sulfone groups is 1. The van der Waals surface area contributed by atoms with Crippen LogP contribution in [0.2, 0.25) is 0 Å². The quantitative estimate of drug-likeness (QED) is 0.724. The van der Waals surface area contributed by atoms with Gasteiger partial charge < -0.3 is 5.73 Å². The van der Waals surface area contributed by atoms with Crippen molar-refractivity contribution in [2.75, 3.05) is 5.75 Å². The molecule has 1 aliphatic rings. The predicted octanol–water partition coefficient (Wildman–Crippen LogP) is 1.25. The van der Waals surface area contributed by atoms with Gasteiger partial charge >= 0.3 is 0 Å². The number of hydrogen-bond acceptors (Lipinski definition) is 3. The van der Waals surface area contributed by atoms with Crippen molar-refractivity contribution in [2.24, 2.45) is 5.73 Å². The lowest BCUT2D eigenvalue weighted by atomic mass is 10.0. The van der Waals surface area contributed by atoms with Crippen molar-refractivity contribution in [2.45, 2.75) is 43.9 Å². The van der Waals surface area contributed by atoms with E-state index in [1.165, 1.54) is 0 Å². The van der Waals surface area contributed by atoms with E-state index in [-0.39, 0.29) is 11.3 Å². The summed E-state index contributed by atoms with van der Waals surface area (Å²) in [5.74, 6) is 0.307. The lowest BCUT2D eigenvalue weighted by Crippen LogP contribution is -2.43. The molecule has 2 unspecified atom stereocenters. The smallest absolute Gasteiger partial charge is 0.154 e. The summed E-state index contributed by atoms with van der Waals surface area (Å²) in [5, 5.41) is -0.340. The molecule has 0 bridgehead atoms. The SMILES string of the molecule is C=C(C)CC(N)C1CCCCS1(=O)=O. The molecule has 0 radical (unpaired) electrons. The van der Waals surface area contributed by atoms with Crippen LogP contribution < -0.4 is 5.73 Å². The molecule has 1 rings (SSSR count). The second kappa shape index (κ2) is 4.45.